The number of H-pyrrole nitrogens is 1. The Balaban J connectivity index is 1.46. The highest BCUT2D eigenvalue weighted by molar-refractivity contribution is 5.99. The van der Waals surface area contributed by atoms with E-state index < -0.39 is 5.91 Å². The van der Waals surface area contributed by atoms with E-state index in [1.165, 1.54) is 0 Å². The van der Waals surface area contributed by atoms with Crippen molar-refractivity contribution in [3.8, 4) is 5.75 Å². The summed E-state index contributed by atoms with van der Waals surface area (Å²) in [4.78, 5) is 27.1. The minimum absolute atomic E-state index is 0.169. The quantitative estimate of drug-likeness (QED) is 0.415. The zero-order valence-electron chi connectivity index (χ0n) is 15.6. The first-order valence-electron chi connectivity index (χ1n) is 9.06. The zero-order valence-corrected chi connectivity index (χ0v) is 15.6. The van der Waals surface area contributed by atoms with Gasteiger partial charge in [0, 0.05) is 28.2 Å². The molecule has 144 valence electrons. The van der Waals surface area contributed by atoms with Crippen molar-refractivity contribution >= 4 is 28.9 Å². The predicted molar refractivity (Wildman–Crippen MR) is 109 cm³/mol. The highest BCUT2D eigenvalue weighted by Gasteiger charge is 2.08. The number of aromatic nitrogens is 1. The lowest BCUT2D eigenvalue weighted by Gasteiger charge is -2.06. The average molecular weight is 378 g/mol. The summed E-state index contributed by atoms with van der Waals surface area (Å²) in [6.07, 6.45) is 4.30. The van der Waals surface area contributed by atoms with Crippen molar-refractivity contribution < 1.29 is 14.3 Å². The number of benzene rings is 2. The number of hydrazone groups is 1. The van der Waals surface area contributed by atoms with E-state index in [2.05, 4.69) is 20.8 Å². The standard InChI is InChI=1S/C21H22N4O3/c1-2-11-28-17-9-7-15(8-10-17)21(27)23-14-20(26)25-24-13-16-12-22-19-6-4-3-5-18(16)19/h3-10,12-13,22H,2,11,14H2,1H3,(H,23,27)(H,25,26). The minimum atomic E-state index is -0.410. The van der Waals surface area contributed by atoms with E-state index in [0.29, 0.717) is 17.9 Å². The van der Waals surface area contributed by atoms with Gasteiger partial charge in [0.15, 0.2) is 0 Å². The minimum Gasteiger partial charge on any atom is -0.494 e. The molecule has 0 unspecified atom stereocenters. The maximum atomic E-state index is 12.1. The molecule has 0 aliphatic carbocycles. The van der Waals surface area contributed by atoms with Crippen LogP contribution in [0.4, 0.5) is 0 Å². The van der Waals surface area contributed by atoms with Gasteiger partial charge in [0.1, 0.15) is 5.75 Å². The maximum absolute atomic E-state index is 12.1. The monoisotopic (exact) mass is 378 g/mol. The van der Waals surface area contributed by atoms with E-state index in [-0.39, 0.29) is 12.5 Å². The third-order valence-electron chi connectivity index (χ3n) is 4.01. The van der Waals surface area contributed by atoms with Crippen LogP contribution in [-0.4, -0.2) is 36.2 Å². The van der Waals surface area contributed by atoms with E-state index in [9.17, 15) is 9.59 Å². The third kappa shape index (κ3) is 4.97. The Morgan fingerprint density at radius 3 is 2.71 bits per heavy atom. The second-order valence-electron chi connectivity index (χ2n) is 6.14. The number of para-hydroxylation sites is 1. The number of amides is 2. The molecule has 28 heavy (non-hydrogen) atoms. The molecule has 7 nitrogen and oxygen atoms in total. The smallest absolute Gasteiger partial charge is 0.259 e. The summed E-state index contributed by atoms with van der Waals surface area (Å²) in [6.45, 7) is 2.49. The van der Waals surface area contributed by atoms with Gasteiger partial charge in [-0.1, -0.05) is 25.1 Å². The molecule has 1 heterocycles. The van der Waals surface area contributed by atoms with Crippen LogP contribution in [0, 0.1) is 0 Å². The Labute approximate surface area is 162 Å². The van der Waals surface area contributed by atoms with Gasteiger partial charge >= 0.3 is 0 Å². The largest absolute Gasteiger partial charge is 0.494 e. The molecule has 0 aliphatic heterocycles. The van der Waals surface area contributed by atoms with Gasteiger partial charge in [-0.25, -0.2) is 5.43 Å². The zero-order chi connectivity index (χ0) is 19.8. The van der Waals surface area contributed by atoms with Gasteiger partial charge in [-0.3, -0.25) is 9.59 Å². The fraction of sp³-hybridized carbons (Fsp3) is 0.190. The lowest BCUT2D eigenvalue weighted by molar-refractivity contribution is -0.120. The summed E-state index contributed by atoms with van der Waals surface area (Å²) < 4.78 is 5.48. The highest BCUT2D eigenvalue weighted by Crippen LogP contribution is 2.15. The lowest BCUT2D eigenvalue weighted by Crippen LogP contribution is -2.34. The fourth-order valence-electron chi connectivity index (χ4n) is 2.60. The molecule has 0 radical (unpaired) electrons. The Hall–Kier alpha value is -3.61. The van der Waals surface area contributed by atoms with Crippen LogP contribution in [0.1, 0.15) is 29.3 Å². The van der Waals surface area contributed by atoms with Crippen LogP contribution in [0.15, 0.2) is 59.8 Å². The van der Waals surface area contributed by atoms with Gasteiger partial charge in [0.05, 0.1) is 19.4 Å². The molecule has 0 saturated heterocycles. The summed E-state index contributed by atoms with van der Waals surface area (Å²) in [5.41, 5.74) is 4.72. The lowest BCUT2D eigenvalue weighted by atomic mass is 10.2. The van der Waals surface area contributed by atoms with Gasteiger partial charge < -0.3 is 15.0 Å². The molecular weight excluding hydrogens is 356 g/mol. The Morgan fingerprint density at radius 2 is 1.93 bits per heavy atom. The van der Waals surface area contributed by atoms with Gasteiger partial charge in [0.2, 0.25) is 0 Å². The Kier molecular flexibility index (Phi) is 6.41. The number of nitrogens with one attached hydrogen (secondary N) is 3. The van der Waals surface area contributed by atoms with Crippen LogP contribution in [0.5, 0.6) is 5.75 Å². The van der Waals surface area contributed by atoms with E-state index >= 15 is 0 Å². The summed E-state index contributed by atoms with van der Waals surface area (Å²) >= 11 is 0. The summed E-state index contributed by atoms with van der Waals surface area (Å²) in [5.74, 6) is -0.0344. The van der Waals surface area contributed by atoms with Crippen LogP contribution in [0.3, 0.4) is 0 Å². The molecule has 0 fully saturated rings. The molecule has 3 aromatic rings. The summed E-state index contributed by atoms with van der Waals surface area (Å²) in [6, 6.07) is 14.6. The molecule has 0 atom stereocenters. The van der Waals surface area contributed by atoms with Gasteiger partial charge in [-0.15, -0.1) is 0 Å². The molecule has 0 spiro atoms. The van der Waals surface area contributed by atoms with E-state index in [1.807, 2.05) is 37.4 Å². The van der Waals surface area contributed by atoms with Crippen LogP contribution in [0.2, 0.25) is 0 Å². The molecule has 0 bridgehead atoms. The van der Waals surface area contributed by atoms with Crippen LogP contribution in [-0.2, 0) is 4.79 Å². The molecule has 0 saturated carbocycles. The van der Waals surface area contributed by atoms with Crippen molar-refractivity contribution in [3.05, 3.63) is 65.9 Å². The number of aromatic amines is 1. The molecule has 0 aliphatic rings. The Bertz CT molecular complexity index is 977. The average Bonchev–Trinajstić information content (AvgIpc) is 3.14. The number of fused-ring (bicyclic) bond motifs is 1. The first-order chi connectivity index (χ1) is 13.7. The number of carbonyl (C=O) groups excluding carboxylic acids is 2. The van der Waals surface area contributed by atoms with E-state index in [4.69, 9.17) is 4.74 Å². The molecule has 3 N–H and O–H groups in total. The molecule has 2 amide bonds. The maximum Gasteiger partial charge on any atom is 0.259 e. The highest BCUT2D eigenvalue weighted by atomic mass is 16.5. The normalized spacial score (nSPS) is 10.9. The second kappa shape index (κ2) is 9.36. The first kappa shape index (κ1) is 19.2. The summed E-state index contributed by atoms with van der Waals surface area (Å²) in [7, 11) is 0. The van der Waals surface area contributed by atoms with Crippen molar-refractivity contribution in [2.45, 2.75) is 13.3 Å². The van der Waals surface area contributed by atoms with Gasteiger partial charge in [0.25, 0.3) is 11.8 Å². The number of carbonyl (C=O) groups is 2. The number of hydrogen-bond donors (Lipinski definition) is 3. The summed E-state index contributed by atoms with van der Waals surface area (Å²) in [5, 5.41) is 7.52. The molecule has 1 aromatic heterocycles. The predicted octanol–water partition coefficient (Wildman–Crippen LogP) is 2.84. The molecule has 3 rings (SSSR count). The van der Waals surface area contributed by atoms with Crippen molar-refractivity contribution in [1.82, 2.24) is 15.7 Å². The van der Waals surface area contributed by atoms with Crippen molar-refractivity contribution in [3.63, 3.8) is 0 Å². The fourth-order valence-corrected chi connectivity index (χ4v) is 2.60. The molecular formula is C21H22N4O3. The molecule has 2 aromatic carbocycles. The van der Waals surface area contributed by atoms with E-state index in [1.54, 1.807) is 30.5 Å². The topological polar surface area (TPSA) is 95.6 Å². The van der Waals surface area contributed by atoms with Crippen LogP contribution in [0.25, 0.3) is 10.9 Å². The Morgan fingerprint density at radius 1 is 1.14 bits per heavy atom. The van der Waals surface area contributed by atoms with Crippen molar-refractivity contribution in [2.75, 3.05) is 13.2 Å². The first-order valence-corrected chi connectivity index (χ1v) is 9.06. The number of hydrogen-bond acceptors (Lipinski definition) is 4. The van der Waals surface area contributed by atoms with Crippen molar-refractivity contribution in [2.24, 2.45) is 5.10 Å². The van der Waals surface area contributed by atoms with Gasteiger partial charge in [-0.05, 0) is 36.8 Å². The van der Waals surface area contributed by atoms with Crippen molar-refractivity contribution in [1.29, 1.82) is 0 Å². The number of ether oxygens (including phenoxy) is 1. The SMILES string of the molecule is CCCOc1ccc(C(=O)NCC(=O)NN=Cc2c[nH]c3ccccc23)cc1. The third-order valence-corrected chi connectivity index (χ3v) is 4.01. The molecule has 7 heteroatoms. The van der Waals surface area contributed by atoms with Crippen LogP contribution >= 0.6 is 0 Å². The van der Waals surface area contributed by atoms with Crippen LogP contribution < -0.4 is 15.5 Å². The number of nitrogens with zero attached hydrogens (tertiary/aromatic N) is 1. The second-order valence-corrected chi connectivity index (χ2v) is 6.14. The van der Waals surface area contributed by atoms with Gasteiger partial charge in [-0.2, -0.15) is 5.10 Å². The van der Waals surface area contributed by atoms with E-state index in [0.717, 1.165) is 22.9 Å². The number of rotatable bonds is 8.